The second-order valence-electron chi connectivity index (χ2n) is 4.95. The average Bonchev–Trinajstić information content (AvgIpc) is 2.62. The number of amides is 3. The van der Waals surface area contributed by atoms with Crippen molar-refractivity contribution in [1.29, 1.82) is 0 Å². The zero-order valence-electron chi connectivity index (χ0n) is 11.8. The Labute approximate surface area is 114 Å². The van der Waals surface area contributed by atoms with Gasteiger partial charge in [-0.1, -0.05) is 12.8 Å². The molecule has 0 aromatic carbocycles. The lowest BCUT2D eigenvalue weighted by atomic mass is 10.1. The summed E-state index contributed by atoms with van der Waals surface area (Å²) in [7, 11) is 0. The Balaban J connectivity index is 2.59. The van der Waals surface area contributed by atoms with E-state index in [1.807, 2.05) is 4.90 Å². The van der Waals surface area contributed by atoms with E-state index in [0.717, 1.165) is 32.2 Å². The van der Waals surface area contributed by atoms with Crippen molar-refractivity contribution in [2.75, 3.05) is 19.7 Å². The van der Waals surface area contributed by atoms with Gasteiger partial charge in [0, 0.05) is 12.6 Å². The van der Waals surface area contributed by atoms with Crippen LogP contribution in [0, 0.1) is 0 Å². The molecule has 19 heavy (non-hydrogen) atoms. The third-order valence-electron chi connectivity index (χ3n) is 3.58. The number of aliphatic hydroxyl groups is 1. The van der Waals surface area contributed by atoms with Gasteiger partial charge in [0.15, 0.2) is 0 Å². The number of hydrogen-bond acceptors (Lipinski definition) is 4. The minimum absolute atomic E-state index is 0.0116. The number of likely N-dealkylation sites (tertiary alicyclic amines) is 1. The van der Waals surface area contributed by atoms with E-state index in [0.29, 0.717) is 6.54 Å². The van der Waals surface area contributed by atoms with Crippen molar-refractivity contribution in [1.82, 2.24) is 15.5 Å². The molecule has 0 aromatic heterocycles. The molecule has 0 aromatic rings. The largest absolute Gasteiger partial charge is 0.395 e. The van der Waals surface area contributed by atoms with E-state index in [1.54, 1.807) is 13.8 Å². The number of nitrogens with one attached hydrogen (secondary N) is 2. The molecule has 0 saturated carbocycles. The number of hydrogen-bond donors (Lipinski definition) is 3. The number of nitrogens with zero attached hydrogens (tertiary/aromatic N) is 1. The lowest BCUT2D eigenvalue weighted by molar-refractivity contribution is -0.126. The Hall–Kier alpha value is -1.14. The third kappa shape index (κ3) is 4.80. The molecule has 2 unspecified atom stereocenters. The van der Waals surface area contributed by atoms with E-state index in [9.17, 15) is 14.7 Å². The highest BCUT2D eigenvalue weighted by atomic mass is 16.3. The normalized spacial score (nSPS) is 22.4. The summed E-state index contributed by atoms with van der Waals surface area (Å²) in [5.41, 5.74) is 0. The summed E-state index contributed by atoms with van der Waals surface area (Å²) in [4.78, 5) is 25.4. The van der Waals surface area contributed by atoms with Crippen LogP contribution >= 0.6 is 0 Å². The maximum atomic E-state index is 12.0. The van der Waals surface area contributed by atoms with Gasteiger partial charge < -0.3 is 10.4 Å². The first-order chi connectivity index (χ1) is 9.10. The van der Waals surface area contributed by atoms with Crippen LogP contribution in [-0.4, -0.2) is 53.7 Å². The molecule has 6 nitrogen and oxygen atoms in total. The van der Waals surface area contributed by atoms with Crippen molar-refractivity contribution < 1.29 is 14.7 Å². The first-order valence-electron chi connectivity index (χ1n) is 7.05. The monoisotopic (exact) mass is 271 g/mol. The van der Waals surface area contributed by atoms with Gasteiger partial charge in [0.1, 0.15) is 0 Å². The van der Waals surface area contributed by atoms with Crippen LogP contribution in [-0.2, 0) is 4.79 Å². The molecule has 1 rings (SSSR count). The average molecular weight is 271 g/mol. The minimum atomic E-state index is -0.463. The Bertz CT molecular complexity index is 310. The molecule has 1 heterocycles. The molecule has 1 saturated heterocycles. The van der Waals surface area contributed by atoms with Gasteiger partial charge >= 0.3 is 6.03 Å². The van der Waals surface area contributed by atoms with Crippen molar-refractivity contribution in [3.8, 4) is 0 Å². The van der Waals surface area contributed by atoms with E-state index in [1.165, 1.54) is 0 Å². The first-order valence-corrected chi connectivity index (χ1v) is 7.05. The Morgan fingerprint density at radius 3 is 2.74 bits per heavy atom. The highest BCUT2D eigenvalue weighted by molar-refractivity contribution is 5.96. The summed E-state index contributed by atoms with van der Waals surface area (Å²) in [6.07, 6.45) is 4.12. The summed E-state index contributed by atoms with van der Waals surface area (Å²) in [5.74, 6) is -0.314. The Kier molecular flexibility index (Phi) is 6.80. The van der Waals surface area contributed by atoms with Crippen LogP contribution in [0.5, 0.6) is 0 Å². The molecule has 1 fully saturated rings. The van der Waals surface area contributed by atoms with Gasteiger partial charge in [-0.15, -0.1) is 0 Å². The van der Waals surface area contributed by atoms with Gasteiger partial charge in [-0.05, 0) is 33.2 Å². The zero-order valence-corrected chi connectivity index (χ0v) is 11.8. The van der Waals surface area contributed by atoms with Crippen molar-refractivity contribution in [3.05, 3.63) is 0 Å². The summed E-state index contributed by atoms with van der Waals surface area (Å²) in [6, 6.07) is -0.856. The fourth-order valence-electron chi connectivity index (χ4n) is 2.48. The van der Waals surface area contributed by atoms with Gasteiger partial charge in [-0.3, -0.25) is 15.0 Å². The lowest BCUT2D eigenvalue weighted by Crippen LogP contribution is -2.53. The first kappa shape index (κ1) is 15.9. The number of rotatable bonds is 4. The smallest absolute Gasteiger partial charge is 0.321 e. The molecule has 2 atom stereocenters. The second-order valence-corrected chi connectivity index (χ2v) is 4.95. The summed E-state index contributed by atoms with van der Waals surface area (Å²) in [6.45, 7) is 4.90. The van der Waals surface area contributed by atoms with Crippen LogP contribution < -0.4 is 10.6 Å². The standard InChI is InChI=1S/C13H25N3O3/c1-3-14-13(19)15-12(18)10(2)16-8-6-4-5-7-11(16)9-17/h10-11,17H,3-9H2,1-2H3,(H2,14,15,18,19). The van der Waals surface area contributed by atoms with Crippen LogP contribution in [0.1, 0.15) is 39.5 Å². The highest BCUT2D eigenvalue weighted by Gasteiger charge is 2.29. The Morgan fingerprint density at radius 2 is 2.11 bits per heavy atom. The van der Waals surface area contributed by atoms with Gasteiger partial charge in [0.05, 0.1) is 12.6 Å². The molecule has 6 heteroatoms. The number of urea groups is 1. The molecule has 0 aliphatic carbocycles. The molecule has 0 spiro atoms. The van der Waals surface area contributed by atoms with Gasteiger partial charge in [0.25, 0.3) is 0 Å². The van der Waals surface area contributed by atoms with Crippen molar-refractivity contribution in [2.24, 2.45) is 0 Å². The maximum absolute atomic E-state index is 12.0. The Morgan fingerprint density at radius 1 is 1.37 bits per heavy atom. The maximum Gasteiger partial charge on any atom is 0.321 e. The van der Waals surface area contributed by atoms with Gasteiger partial charge in [-0.25, -0.2) is 4.79 Å². The molecule has 3 amide bonds. The van der Waals surface area contributed by atoms with Crippen LogP contribution in [0.3, 0.4) is 0 Å². The van der Waals surface area contributed by atoms with Crippen LogP contribution in [0.25, 0.3) is 0 Å². The van der Waals surface area contributed by atoms with E-state index in [4.69, 9.17) is 0 Å². The molecule has 1 aliphatic rings. The summed E-state index contributed by atoms with van der Waals surface area (Å²) < 4.78 is 0. The quantitative estimate of drug-likeness (QED) is 0.694. The molecular formula is C13H25N3O3. The van der Waals surface area contributed by atoms with E-state index in [-0.39, 0.29) is 18.6 Å². The summed E-state index contributed by atoms with van der Waals surface area (Å²) in [5, 5.41) is 14.3. The van der Waals surface area contributed by atoms with Gasteiger partial charge in [0.2, 0.25) is 5.91 Å². The summed E-state index contributed by atoms with van der Waals surface area (Å²) >= 11 is 0. The van der Waals surface area contributed by atoms with Gasteiger partial charge in [-0.2, -0.15) is 0 Å². The van der Waals surface area contributed by atoms with E-state index >= 15 is 0 Å². The minimum Gasteiger partial charge on any atom is -0.395 e. The SMILES string of the molecule is CCNC(=O)NC(=O)C(C)N1CCCCCC1CO. The highest BCUT2D eigenvalue weighted by Crippen LogP contribution is 2.19. The predicted molar refractivity (Wildman–Crippen MR) is 72.7 cm³/mol. The fraction of sp³-hybridized carbons (Fsp3) is 0.846. The number of aliphatic hydroxyl groups excluding tert-OH is 1. The van der Waals surface area contributed by atoms with Crippen LogP contribution in [0.15, 0.2) is 0 Å². The second kappa shape index (κ2) is 8.12. The lowest BCUT2D eigenvalue weighted by Gasteiger charge is -2.33. The molecular weight excluding hydrogens is 246 g/mol. The molecule has 1 aliphatic heterocycles. The molecule has 0 radical (unpaired) electrons. The predicted octanol–water partition coefficient (Wildman–Crippen LogP) is 0.458. The third-order valence-corrected chi connectivity index (χ3v) is 3.58. The number of carbonyl (C=O) groups is 2. The van der Waals surface area contributed by atoms with E-state index < -0.39 is 12.1 Å². The topological polar surface area (TPSA) is 81.7 Å². The number of carbonyl (C=O) groups excluding carboxylic acids is 2. The van der Waals surface area contributed by atoms with Crippen molar-refractivity contribution in [2.45, 2.75) is 51.6 Å². The van der Waals surface area contributed by atoms with E-state index in [2.05, 4.69) is 10.6 Å². The zero-order chi connectivity index (χ0) is 14.3. The fourth-order valence-corrected chi connectivity index (χ4v) is 2.48. The molecule has 3 N–H and O–H groups in total. The molecule has 0 bridgehead atoms. The van der Waals surface area contributed by atoms with Crippen LogP contribution in [0.2, 0.25) is 0 Å². The van der Waals surface area contributed by atoms with Crippen molar-refractivity contribution in [3.63, 3.8) is 0 Å². The van der Waals surface area contributed by atoms with Crippen molar-refractivity contribution >= 4 is 11.9 Å². The number of imide groups is 1. The van der Waals surface area contributed by atoms with Crippen LogP contribution in [0.4, 0.5) is 4.79 Å². The molecule has 110 valence electrons.